The number of hydrogen-bond acceptors (Lipinski definition) is 7. The highest BCUT2D eigenvalue weighted by Crippen LogP contribution is 2.30. The summed E-state index contributed by atoms with van der Waals surface area (Å²) in [5.74, 6) is -0.0731. The van der Waals surface area contributed by atoms with Gasteiger partial charge in [0.15, 0.2) is 14.9 Å². The van der Waals surface area contributed by atoms with Crippen LogP contribution in [0.3, 0.4) is 0 Å². The van der Waals surface area contributed by atoms with Crippen molar-refractivity contribution in [3.05, 3.63) is 18.2 Å². The second-order valence-electron chi connectivity index (χ2n) is 4.06. The molecule has 8 nitrogen and oxygen atoms in total. The van der Waals surface area contributed by atoms with Crippen molar-refractivity contribution < 1.29 is 30.0 Å². The van der Waals surface area contributed by atoms with Crippen LogP contribution in [0.5, 0.6) is 5.75 Å². The summed E-state index contributed by atoms with van der Waals surface area (Å²) in [5.41, 5.74) is -0.154. The van der Waals surface area contributed by atoms with Crippen molar-refractivity contribution in [3.63, 3.8) is 0 Å². The number of nitrogens with one attached hydrogen (secondary N) is 1. The largest absolute Gasteiger partial charge is 0.495 e. The van der Waals surface area contributed by atoms with Gasteiger partial charge in [0.25, 0.3) is 9.05 Å². The zero-order chi connectivity index (χ0) is 16.5. The lowest BCUT2D eigenvalue weighted by Crippen LogP contribution is -2.22. The second-order valence-corrected chi connectivity index (χ2v) is 10.8. The van der Waals surface area contributed by atoms with Crippen molar-refractivity contribution in [1.82, 2.24) is 0 Å². The van der Waals surface area contributed by atoms with E-state index >= 15 is 0 Å². The Hall–Kier alpha value is -1.04. The summed E-state index contributed by atoms with van der Waals surface area (Å²) in [6.07, 6.45) is 0.759. The van der Waals surface area contributed by atoms with Crippen molar-refractivity contribution in [1.29, 1.82) is 0 Å². The lowest BCUT2D eigenvalue weighted by Gasteiger charge is -2.10. The molecule has 12 heteroatoms. The first-order valence-electron chi connectivity index (χ1n) is 5.15. The van der Waals surface area contributed by atoms with E-state index in [2.05, 4.69) is 0 Å². The summed E-state index contributed by atoms with van der Waals surface area (Å²) in [4.78, 5) is -0.439. The van der Waals surface area contributed by atoms with E-state index in [-0.39, 0.29) is 11.4 Å². The molecule has 0 spiro atoms. The number of ether oxygens (including phenoxy) is 1. The number of anilines is 1. The maximum atomic E-state index is 11.6. The van der Waals surface area contributed by atoms with Crippen molar-refractivity contribution in [2.75, 3.05) is 23.2 Å². The third-order valence-corrected chi connectivity index (χ3v) is 6.91. The second kappa shape index (κ2) is 5.99. The summed E-state index contributed by atoms with van der Waals surface area (Å²) >= 11 is 0. The standard InChI is InChI=1S/C9H12ClNO7S3/c1-18-8-4-3-7(5-9(8)21(10,16)17)11-20(14,15)6-19(2,12)13/h3-5,11H,6H2,1-2H3. The van der Waals surface area contributed by atoms with E-state index in [4.69, 9.17) is 15.4 Å². The highest BCUT2D eigenvalue weighted by molar-refractivity contribution is 8.13. The number of sulfonamides is 1. The van der Waals surface area contributed by atoms with Crippen LogP contribution in [0.15, 0.2) is 23.1 Å². The van der Waals surface area contributed by atoms with Crippen molar-refractivity contribution in [3.8, 4) is 5.75 Å². The van der Waals surface area contributed by atoms with Crippen molar-refractivity contribution in [2.45, 2.75) is 4.90 Å². The van der Waals surface area contributed by atoms with E-state index in [0.29, 0.717) is 0 Å². The summed E-state index contributed by atoms with van der Waals surface area (Å²) in [6.45, 7) is 0. The molecule has 0 atom stereocenters. The quantitative estimate of drug-likeness (QED) is 0.710. The van der Waals surface area contributed by atoms with Crippen LogP contribution < -0.4 is 9.46 Å². The number of sulfone groups is 1. The smallest absolute Gasteiger partial charge is 0.265 e. The molecule has 21 heavy (non-hydrogen) atoms. The van der Waals surface area contributed by atoms with Crippen LogP contribution in [-0.4, -0.2) is 43.7 Å². The topological polar surface area (TPSA) is 124 Å². The van der Waals surface area contributed by atoms with Gasteiger partial charge < -0.3 is 4.74 Å². The summed E-state index contributed by atoms with van der Waals surface area (Å²) in [6, 6.07) is 3.33. The molecular weight excluding hydrogens is 366 g/mol. The number of hydrogen-bond donors (Lipinski definition) is 1. The maximum Gasteiger partial charge on any atom is 0.265 e. The summed E-state index contributed by atoms with van der Waals surface area (Å²) in [7, 11) is -5.70. The normalized spacial score (nSPS) is 12.9. The van der Waals surface area contributed by atoms with E-state index in [0.717, 1.165) is 12.3 Å². The lowest BCUT2D eigenvalue weighted by molar-refractivity contribution is 0.403. The Morgan fingerprint density at radius 2 is 1.71 bits per heavy atom. The zero-order valence-electron chi connectivity index (χ0n) is 10.9. The van der Waals surface area contributed by atoms with Crippen molar-refractivity contribution >= 4 is 45.3 Å². The van der Waals surface area contributed by atoms with Crippen LogP contribution in [0.1, 0.15) is 0 Å². The molecule has 0 aliphatic heterocycles. The molecule has 1 N–H and O–H groups in total. The summed E-state index contributed by atoms with van der Waals surface area (Å²) in [5, 5.41) is -1.13. The molecule has 0 bridgehead atoms. The molecule has 0 radical (unpaired) electrons. The minimum absolute atomic E-state index is 0.0731. The van der Waals surface area contributed by atoms with Gasteiger partial charge in [-0.2, -0.15) is 0 Å². The molecule has 1 aromatic rings. The van der Waals surface area contributed by atoms with E-state index in [1.807, 2.05) is 4.72 Å². The van der Waals surface area contributed by atoms with Gasteiger partial charge in [0.05, 0.1) is 12.8 Å². The number of halogens is 1. The zero-order valence-corrected chi connectivity index (χ0v) is 14.1. The molecule has 0 aliphatic rings. The molecular formula is C9H12ClNO7S3. The monoisotopic (exact) mass is 377 g/mol. The third kappa shape index (κ3) is 5.69. The van der Waals surface area contributed by atoms with Gasteiger partial charge in [-0.05, 0) is 18.2 Å². The number of methoxy groups -OCH3 is 1. The van der Waals surface area contributed by atoms with E-state index in [1.165, 1.54) is 19.2 Å². The lowest BCUT2D eigenvalue weighted by atomic mass is 10.3. The van der Waals surface area contributed by atoms with Crippen molar-refractivity contribution in [2.24, 2.45) is 0 Å². The molecule has 0 fully saturated rings. The maximum absolute atomic E-state index is 11.6. The van der Waals surface area contributed by atoms with Gasteiger partial charge in [0, 0.05) is 16.9 Å². The Morgan fingerprint density at radius 1 is 1.14 bits per heavy atom. The molecule has 1 aromatic carbocycles. The average molecular weight is 378 g/mol. The van der Waals surface area contributed by atoms with Gasteiger partial charge in [-0.1, -0.05) is 0 Å². The van der Waals surface area contributed by atoms with Gasteiger partial charge in [0.2, 0.25) is 10.0 Å². The molecule has 0 unspecified atom stereocenters. The molecule has 0 amide bonds. The molecule has 0 aromatic heterocycles. The van der Waals surface area contributed by atoms with Gasteiger partial charge in [-0.3, -0.25) is 4.72 Å². The fourth-order valence-corrected chi connectivity index (χ4v) is 5.42. The van der Waals surface area contributed by atoms with Gasteiger partial charge in [-0.15, -0.1) is 0 Å². The Balaban J connectivity index is 3.24. The van der Waals surface area contributed by atoms with Gasteiger partial charge in [-0.25, -0.2) is 25.3 Å². The molecule has 0 aliphatic carbocycles. The molecule has 0 saturated carbocycles. The first kappa shape index (κ1) is 18.0. The average Bonchev–Trinajstić information content (AvgIpc) is 2.23. The van der Waals surface area contributed by atoms with Gasteiger partial charge >= 0.3 is 0 Å². The number of benzene rings is 1. The molecule has 120 valence electrons. The summed E-state index contributed by atoms with van der Waals surface area (Å²) < 4.78 is 74.8. The molecule has 1 rings (SSSR count). The first-order valence-corrected chi connectivity index (χ1v) is 11.2. The predicted octanol–water partition coefficient (Wildman–Crippen LogP) is 0.366. The van der Waals surface area contributed by atoms with Crippen LogP contribution in [-0.2, 0) is 28.9 Å². The Morgan fingerprint density at radius 3 is 2.14 bits per heavy atom. The van der Waals surface area contributed by atoms with Crippen LogP contribution in [0, 0.1) is 0 Å². The van der Waals surface area contributed by atoms with E-state index < -0.39 is 38.9 Å². The van der Waals surface area contributed by atoms with Crippen LogP contribution >= 0.6 is 10.7 Å². The van der Waals surface area contributed by atoms with Crippen LogP contribution in [0.4, 0.5) is 5.69 Å². The highest BCUT2D eigenvalue weighted by Gasteiger charge is 2.21. The molecule has 0 heterocycles. The third-order valence-electron chi connectivity index (χ3n) is 2.07. The van der Waals surface area contributed by atoms with E-state index in [1.54, 1.807) is 0 Å². The minimum Gasteiger partial charge on any atom is -0.495 e. The van der Waals surface area contributed by atoms with Gasteiger partial charge in [0.1, 0.15) is 10.6 Å². The van der Waals surface area contributed by atoms with Crippen LogP contribution in [0.2, 0.25) is 0 Å². The minimum atomic E-state index is -4.19. The Bertz CT molecular complexity index is 843. The highest BCUT2D eigenvalue weighted by atomic mass is 35.7. The Kier molecular flexibility index (Phi) is 5.13. The fraction of sp³-hybridized carbons (Fsp3) is 0.333. The SMILES string of the molecule is COc1ccc(NS(=O)(=O)CS(C)(=O)=O)cc1S(=O)(=O)Cl. The fourth-order valence-electron chi connectivity index (χ4n) is 1.42. The van der Waals surface area contributed by atoms with Crippen LogP contribution in [0.25, 0.3) is 0 Å². The molecule has 0 saturated heterocycles. The predicted molar refractivity (Wildman–Crippen MR) is 78.3 cm³/mol. The van der Waals surface area contributed by atoms with E-state index in [9.17, 15) is 25.3 Å². The first-order chi connectivity index (χ1) is 9.34. The number of rotatable bonds is 6. The Labute approximate surface area is 127 Å².